The summed E-state index contributed by atoms with van der Waals surface area (Å²) in [4.78, 5) is 11.3. The zero-order valence-electron chi connectivity index (χ0n) is 15.5. The molecule has 0 bridgehead atoms. The number of esters is 1. The summed E-state index contributed by atoms with van der Waals surface area (Å²) in [6.07, 6.45) is 10.6. The van der Waals surface area contributed by atoms with Crippen molar-refractivity contribution in [3.8, 4) is 0 Å². The number of allylic oxidation sites excluding steroid dienone is 5. The van der Waals surface area contributed by atoms with Crippen molar-refractivity contribution in [1.29, 1.82) is 0 Å². The van der Waals surface area contributed by atoms with Crippen molar-refractivity contribution in [1.82, 2.24) is 0 Å². The topological polar surface area (TPSA) is 26.3 Å². The second kappa shape index (κ2) is 8.14. The number of aryl methyl sites for hydroxylation is 3. The normalized spacial score (nSPS) is 16.0. The molecule has 0 fully saturated rings. The molecule has 0 unspecified atom stereocenters. The molecule has 0 amide bonds. The molecule has 1 aromatic rings. The maximum Gasteiger partial charge on any atom is 0.330 e. The zero-order chi connectivity index (χ0) is 17.7. The van der Waals surface area contributed by atoms with Crippen LogP contribution in [0.4, 0.5) is 0 Å². The lowest BCUT2D eigenvalue weighted by Crippen LogP contribution is -2.04. The molecule has 0 aliphatic heterocycles. The number of methoxy groups -OCH3 is 1. The number of carbonyl (C=O) groups is 1. The van der Waals surface area contributed by atoms with Crippen molar-refractivity contribution in [2.24, 2.45) is 0 Å². The van der Waals surface area contributed by atoms with E-state index >= 15 is 0 Å². The Morgan fingerprint density at radius 2 is 1.67 bits per heavy atom. The minimum atomic E-state index is -0.318. The van der Waals surface area contributed by atoms with Crippen LogP contribution in [0, 0.1) is 6.92 Å². The first-order chi connectivity index (χ1) is 11.4. The molecule has 0 N–H and O–H groups in total. The number of hydrogen-bond donors (Lipinski definition) is 0. The molecule has 1 aliphatic carbocycles. The third kappa shape index (κ3) is 4.47. The van der Waals surface area contributed by atoms with E-state index in [2.05, 4.69) is 43.7 Å². The van der Waals surface area contributed by atoms with Crippen LogP contribution in [0.2, 0.25) is 0 Å². The molecule has 0 saturated carbocycles. The molecule has 24 heavy (non-hydrogen) atoms. The summed E-state index contributed by atoms with van der Waals surface area (Å²) in [7, 11) is 1.39. The van der Waals surface area contributed by atoms with Crippen molar-refractivity contribution >= 4 is 11.5 Å². The standard InChI is InChI=1S/C22H28O2/c1-15(12-22(23)24-5)10-11-16(2)18(4)21-14-20-9-7-6-8-19(20)13-17(21)3/h10-14H,6-9H2,1-5H3/b11-10+,15-12+,18-16-. The van der Waals surface area contributed by atoms with Crippen molar-refractivity contribution in [2.45, 2.75) is 53.4 Å². The van der Waals surface area contributed by atoms with Crippen LogP contribution in [0.1, 0.15) is 55.9 Å². The molecule has 2 heteroatoms. The van der Waals surface area contributed by atoms with Gasteiger partial charge in [-0.15, -0.1) is 0 Å². The number of fused-ring (bicyclic) bond motifs is 1. The van der Waals surface area contributed by atoms with Crippen LogP contribution in [0.3, 0.4) is 0 Å². The van der Waals surface area contributed by atoms with Gasteiger partial charge in [0.25, 0.3) is 0 Å². The van der Waals surface area contributed by atoms with E-state index in [1.165, 1.54) is 72.3 Å². The fourth-order valence-electron chi connectivity index (χ4n) is 3.20. The number of ether oxygens (including phenoxy) is 1. The van der Waals surface area contributed by atoms with Crippen LogP contribution < -0.4 is 0 Å². The Balaban J connectivity index is 2.29. The van der Waals surface area contributed by atoms with Crippen molar-refractivity contribution in [3.05, 3.63) is 63.8 Å². The van der Waals surface area contributed by atoms with Crippen molar-refractivity contribution in [2.75, 3.05) is 7.11 Å². The Hall–Kier alpha value is -2.09. The molecule has 0 saturated heterocycles. The zero-order valence-corrected chi connectivity index (χ0v) is 15.5. The number of hydrogen-bond acceptors (Lipinski definition) is 2. The fraction of sp³-hybridized carbons (Fsp3) is 0.409. The number of rotatable bonds is 4. The Morgan fingerprint density at radius 3 is 2.29 bits per heavy atom. The number of benzene rings is 1. The highest BCUT2D eigenvalue weighted by molar-refractivity contribution is 5.83. The lowest BCUT2D eigenvalue weighted by molar-refractivity contribution is -0.134. The second-order valence-electron chi connectivity index (χ2n) is 6.70. The Morgan fingerprint density at radius 1 is 1.04 bits per heavy atom. The Kier molecular flexibility index (Phi) is 6.19. The molecule has 2 nitrogen and oxygen atoms in total. The average Bonchev–Trinajstić information content (AvgIpc) is 2.58. The smallest absolute Gasteiger partial charge is 0.330 e. The summed E-state index contributed by atoms with van der Waals surface area (Å²) in [5.41, 5.74) is 9.13. The second-order valence-corrected chi connectivity index (χ2v) is 6.70. The maximum absolute atomic E-state index is 11.3. The first kappa shape index (κ1) is 18.3. The summed E-state index contributed by atoms with van der Waals surface area (Å²) < 4.78 is 4.65. The molecule has 0 atom stereocenters. The van der Waals surface area contributed by atoms with Crippen LogP contribution >= 0.6 is 0 Å². The van der Waals surface area contributed by atoms with Gasteiger partial charge in [-0.1, -0.05) is 24.3 Å². The van der Waals surface area contributed by atoms with E-state index < -0.39 is 0 Å². The van der Waals surface area contributed by atoms with E-state index in [9.17, 15) is 4.79 Å². The van der Waals surface area contributed by atoms with Crippen molar-refractivity contribution < 1.29 is 9.53 Å². The predicted molar refractivity (Wildman–Crippen MR) is 101 cm³/mol. The van der Waals surface area contributed by atoms with E-state index in [1.54, 1.807) is 0 Å². The highest BCUT2D eigenvalue weighted by Gasteiger charge is 2.13. The summed E-state index contributed by atoms with van der Waals surface area (Å²) >= 11 is 0. The predicted octanol–water partition coefficient (Wildman–Crippen LogP) is 5.34. The molecular weight excluding hydrogens is 296 g/mol. The third-order valence-corrected chi connectivity index (χ3v) is 4.83. The highest BCUT2D eigenvalue weighted by Crippen LogP contribution is 2.29. The van der Waals surface area contributed by atoms with E-state index in [1.807, 2.05) is 13.0 Å². The Bertz CT molecular complexity index is 718. The lowest BCUT2D eigenvalue weighted by atomic mass is 9.86. The van der Waals surface area contributed by atoms with Gasteiger partial charge in [-0.2, -0.15) is 0 Å². The molecule has 0 heterocycles. The van der Waals surface area contributed by atoms with E-state index in [4.69, 9.17) is 0 Å². The van der Waals surface area contributed by atoms with Gasteiger partial charge in [0.1, 0.15) is 0 Å². The van der Waals surface area contributed by atoms with Gasteiger partial charge in [-0.05, 0) is 92.4 Å². The van der Waals surface area contributed by atoms with E-state index in [0.29, 0.717) is 0 Å². The molecular formula is C22H28O2. The SMILES string of the molecule is COC(=O)/C=C(C)/C=C/C(C)=C(/C)c1cc2c(cc1C)CCCC2. The van der Waals surface area contributed by atoms with E-state index in [-0.39, 0.29) is 5.97 Å². The molecule has 0 radical (unpaired) electrons. The van der Waals surface area contributed by atoms with Gasteiger partial charge in [0.2, 0.25) is 0 Å². The summed E-state index contributed by atoms with van der Waals surface area (Å²) in [6, 6.07) is 4.75. The van der Waals surface area contributed by atoms with Crippen LogP contribution in [0.5, 0.6) is 0 Å². The largest absolute Gasteiger partial charge is 0.466 e. The molecule has 128 valence electrons. The minimum Gasteiger partial charge on any atom is -0.466 e. The molecule has 0 spiro atoms. The van der Waals surface area contributed by atoms with Crippen LogP contribution in [-0.2, 0) is 22.4 Å². The van der Waals surface area contributed by atoms with Gasteiger partial charge in [0, 0.05) is 6.08 Å². The maximum atomic E-state index is 11.3. The van der Waals surface area contributed by atoms with Gasteiger partial charge >= 0.3 is 5.97 Å². The molecule has 1 aromatic carbocycles. The minimum absolute atomic E-state index is 0.318. The van der Waals surface area contributed by atoms with Crippen LogP contribution in [-0.4, -0.2) is 13.1 Å². The monoisotopic (exact) mass is 324 g/mol. The van der Waals surface area contributed by atoms with Crippen molar-refractivity contribution in [3.63, 3.8) is 0 Å². The lowest BCUT2D eigenvalue weighted by Gasteiger charge is -2.19. The van der Waals surface area contributed by atoms with Gasteiger partial charge in [0.15, 0.2) is 0 Å². The van der Waals surface area contributed by atoms with Crippen LogP contribution in [0.15, 0.2) is 41.5 Å². The summed E-state index contributed by atoms with van der Waals surface area (Å²) in [5, 5.41) is 0. The first-order valence-electron chi connectivity index (χ1n) is 8.67. The molecule has 2 rings (SSSR count). The summed E-state index contributed by atoms with van der Waals surface area (Å²) in [5.74, 6) is -0.318. The molecule has 1 aliphatic rings. The molecule has 0 aromatic heterocycles. The summed E-state index contributed by atoms with van der Waals surface area (Å²) in [6.45, 7) is 8.40. The first-order valence-corrected chi connectivity index (χ1v) is 8.67. The fourth-order valence-corrected chi connectivity index (χ4v) is 3.20. The third-order valence-electron chi connectivity index (χ3n) is 4.83. The average molecular weight is 324 g/mol. The number of carbonyl (C=O) groups excluding carboxylic acids is 1. The van der Waals surface area contributed by atoms with Gasteiger partial charge < -0.3 is 4.74 Å². The quantitative estimate of drug-likeness (QED) is 0.424. The highest BCUT2D eigenvalue weighted by atomic mass is 16.5. The van der Waals surface area contributed by atoms with Gasteiger partial charge in [-0.3, -0.25) is 0 Å². The van der Waals surface area contributed by atoms with Gasteiger partial charge in [-0.25, -0.2) is 4.79 Å². The van der Waals surface area contributed by atoms with E-state index in [0.717, 1.165) is 5.57 Å². The van der Waals surface area contributed by atoms with Gasteiger partial charge in [0.05, 0.1) is 7.11 Å². The Labute approximate surface area is 145 Å². The van der Waals surface area contributed by atoms with Crippen LogP contribution in [0.25, 0.3) is 5.57 Å².